The lowest BCUT2D eigenvalue weighted by molar-refractivity contribution is -0.175. The van der Waals surface area contributed by atoms with E-state index in [9.17, 15) is 4.79 Å². The maximum absolute atomic E-state index is 14.0. The fourth-order valence-electron chi connectivity index (χ4n) is 7.21. The molecule has 0 aliphatic carbocycles. The Morgan fingerprint density at radius 2 is 1.75 bits per heavy atom. The van der Waals surface area contributed by atoms with Crippen LogP contribution in [0.25, 0.3) is 0 Å². The van der Waals surface area contributed by atoms with Crippen molar-refractivity contribution < 1.29 is 19.0 Å². The zero-order valence-corrected chi connectivity index (χ0v) is 23.1. The lowest BCUT2D eigenvalue weighted by Crippen LogP contribution is -2.63. The smallest absolute Gasteiger partial charge is 0.314 e. The number of esters is 1. The van der Waals surface area contributed by atoms with Gasteiger partial charge in [0, 0.05) is 30.2 Å². The number of methoxy groups -OCH3 is 1. The summed E-state index contributed by atoms with van der Waals surface area (Å²) in [6.07, 6.45) is 1.25. The molecule has 40 heavy (non-hydrogen) atoms. The Morgan fingerprint density at radius 3 is 2.45 bits per heavy atom. The maximum atomic E-state index is 14.0. The Labute approximate surface area is 239 Å². The van der Waals surface area contributed by atoms with E-state index >= 15 is 0 Å². The van der Waals surface area contributed by atoms with Crippen molar-refractivity contribution in [2.45, 2.75) is 36.3 Å². The molecule has 7 nitrogen and oxygen atoms in total. The van der Waals surface area contributed by atoms with Crippen molar-refractivity contribution >= 4 is 29.0 Å². The van der Waals surface area contributed by atoms with Gasteiger partial charge in [0.1, 0.15) is 5.92 Å². The summed E-state index contributed by atoms with van der Waals surface area (Å²) >= 11 is 6.57. The SMILES string of the molecule is COC(=O)[C@@H]1[C@H]2c3cc(Cl)ccc3N[C@@H](Cc3ccccc3)[C@]23N=C(Cc2ccccc2)[C@]1(N1CCOCC1)O3. The summed E-state index contributed by atoms with van der Waals surface area (Å²) in [6.45, 7) is 2.37. The van der Waals surface area contributed by atoms with Gasteiger partial charge < -0.3 is 19.5 Å². The number of carbonyl (C=O) groups excluding carboxylic acids is 1. The Balaban J connectivity index is 1.46. The van der Waals surface area contributed by atoms with Crippen LogP contribution in [0.3, 0.4) is 0 Å². The zero-order chi connectivity index (χ0) is 27.3. The van der Waals surface area contributed by atoms with Gasteiger partial charge in [0.2, 0.25) is 0 Å². The van der Waals surface area contributed by atoms with E-state index in [1.54, 1.807) is 0 Å². The van der Waals surface area contributed by atoms with Crippen molar-refractivity contribution in [2.24, 2.45) is 10.9 Å². The number of fused-ring (bicyclic) bond motifs is 3. The van der Waals surface area contributed by atoms with Gasteiger partial charge in [-0.15, -0.1) is 0 Å². The zero-order valence-electron chi connectivity index (χ0n) is 22.4. The highest BCUT2D eigenvalue weighted by molar-refractivity contribution is 6.30. The first kappa shape index (κ1) is 25.7. The molecule has 0 amide bonds. The number of anilines is 1. The molecule has 0 radical (unpaired) electrons. The molecule has 0 saturated carbocycles. The Morgan fingerprint density at radius 1 is 1.05 bits per heavy atom. The number of rotatable bonds is 6. The number of hydrogen-bond donors (Lipinski definition) is 1. The second-order valence-electron chi connectivity index (χ2n) is 11.0. The molecule has 3 aromatic carbocycles. The molecule has 1 spiro atoms. The highest BCUT2D eigenvalue weighted by Gasteiger charge is 2.77. The number of nitrogens with one attached hydrogen (secondary N) is 1. The maximum Gasteiger partial charge on any atom is 0.314 e. The highest BCUT2D eigenvalue weighted by Crippen LogP contribution is 2.64. The van der Waals surface area contributed by atoms with Crippen molar-refractivity contribution in [3.63, 3.8) is 0 Å². The number of benzene rings is 3. The summed E-state index contributed by atoms with van der Waals surface area (Å²) in [4.78, 5) is 21.8. The van der Waals surface area contributed by atoms with E-state index in [4.69, 9.17) is 30.8 Å². The monoisotopic (exact) mass is 557 g/mol. The van der Waals surface area contributed by atoms with Gasteiger partial charge in [-0.1, -0.05) is 72.3 Å². The summed E-state index contributed by atoms with van der Waals surface area (Å²) < 4.78 is 18.7. The van der Waals surface area contributed by atoms with Gasteiger partial charge in [0.15, 0.2) is 11.4 Å². The van der Waals surface area contributed by atoms with Gasteiger partial charge >= 0.3 is 5.97 Å². The van der Waals surface area contributed by atoms with Crippen LogP contribution >= 0.6 is 11.6 Å². The summed E-state index contributed by atoms with van der Waals surface area (Å²) in [7, 11) is 1.46. The van der Waals surface area contributed by atoms with E-state index in [1.165, 1.54) is 12.7 Å². The minimum Gasteiger partial charge on any atom is -0.469 e. The van der Waals surface area contributed by atoms with E-state index in [0.717, 1.165) is 22.5 Å². The number of nitrogens with zero attached hydrogens (tertiary/aromatic N) is 2. The molecule has 8 heteroatoms. The summed E-state index contributed by atoms with van der Waals surface area (Å²) in [5.41, 5.74) is 2.92. The number of aliphatic imine (C=N–C) groups is 1. The van der Waals surface area contributed by atoms with E-state index in [1.807, 2.05) is 54.6 Å². The molecule has 4 aliphatic rings. The van der Waals surface area contributed by atoms with E-state index in [-0.39, 0.29) is 17.9 Å². The van der Waals surface area contributed by atoms with Crippen molar-refractivity contribution in [1.29, 1.82) is 0 Å². The molecule has 2 saturated heterocycles. The van der Waals surface area contributed by atoms with Crippen LogP contribution in [0, 0.1) is 5.92 Å². The molecule has 4 aliphatic heterocycles. The Bertz CT molecular complexity index is 1450. The number of hydrogen-bond acceptors (Lipinski definition) is 7. The average molecular weight is 558 g/mol. The second kappa shape index (κ2) is 10.00. The lowest BCUT2D eigenvalue weighted by Gasteiger charge is -2.46. The van der Waals surface area contributed by atoms with Crippen LogP contribution in [0.2, 0.25) is 5.02 Å². The fourth-order valence-corrected chi connectivity index (χ4v) is 7.39. The number of halogens is 1. The quantitative estimate of drug-likeness (QED) is 0.443. The number of carbonyl (C=O) groups is 1. The van der Waals surface area contributed by atoms with Crippen LogP contribution in [-0.4, -0.2) is 67.5 Å². The molecule has 0 aromatic heterocycles. The van der Waals surface area contributed by atoms with Crippen molar-refractivity contribution in [2.75, 3.05) is 38.7 Å². The third kappa shape index (κ3) is 3.90. The normalized spacial score (nSPS) is 30.6. The van der Waals surface area contributed by atoms with Crippen LogP contribution in [0.5, 0.6) is 0 Å². The van der Waals surface area contributed by atoms with Crippen molar-refractivity contribution in [3.05, 3.63) is 101 Å². The topological polar surface area (TPSA) is 72.4 Å². The first-order chi connectivity index (χ1) is 19.5. The predicted molar refractivity (Wildman–Crippen MR) is 154 cm³/mol. The third-order valence-electron chi connectivity index (χ3n) is 8.85. The Kier molecular flexibility index (Phi) is 6.43. The first-order valence-electron chi connectivity index (χ1n) is 13.9. The van der Waals surface area contributed by atoms with Crippen LogP contribution in [0.4, 0.5) is 5.69 Å². The van der Waals surface area contributed by atoms with Gasteiger partial charge in [-0.25, -0.2) is 0 Å². The molecule has 5 atom stereocenters. The summed E-state index contributed by atoms with van der Waals surface area (Å²) in [6, 6.07) is 26.2. The molecule has 2 bridgehead atoms. The molecule has 2 fully saturated rings. The van der Waals surface area contributed by atoms with Gasteiger partial charge in [-0.3, -0.25) is 14.7 Å². The largest absolute Gasteiger partial charge is 0.469 e. The van der Waals surface area contributed by atoms with Gasteiger partial charge in [-0.2, -0.15) is 0 Å². The molecule has 1 N–H and O–H groups in total. The molecular weight excluding hydrogens is 526 g/mol. The van der Waals surface area contributed by atoms with Crippen LogP contribution in [-0.2, 0) is 31.8 Å². The van der Waals surface area contributed by atoms with Crippen LogP contribution in [0.15, 0.2) is 83.9 Å². The molecule has 4 heterocycles. The summed E-state index contributed by atoms with van der Waals surface area (Å²) in [5, 5.41) is 4.37. The predicted octanol–water partition coefficient (Wildman–Crippen LogP) is 4.70. The number of morpholine rings is 1. The van der Waals surface area contributed by atoms with Crippen LogP contribution in [0.1, 0.15) is 22.6 Å². The molecule has 0 unspecified atom stereocenters. The summed E-state index contributed by atoms with van der Waals surface area (Å²) in [5.74, 6) is -1.32. The average Bonchev–Trinajstić information content (AvgIpc) is 3.49. The van der Waals surface area contributed by atoms with Gasteiger partial charge in [-0.05, 0) is 41.3 Å². The molecular formula is C32H32ClN3O4. The van der Waals surface area contributed by atoms with E-state index in [0.29, 0.717) is 44.2 Å². The lowest BCUT2D eigenvalue weighted by atomic mass is 9.67. The number of ether oxygens (including phenoxy) is 3. The van der Waals surface area contributed by atoms with Crippen molar-refractivity contribution in [3.8, 4) is 0 Å². The van der Waals surface area contributed by atoms with Crippen LogP contribution < -0.4 is 5.32 Å². The minimum absolute atomic E-state index is 0.225. The first-order valence-corrected chi connectivity index (χ1v) is 14.3. The third-order valence-corrected chi connectivity index (χ3v) is 9.09. The van der Waals surface area contributed by atoms with Crippen molar-refractivity contribution in [1.82, 2.24) is 4.90 Å². The minimum atomic E-state index is -1.07. The fraction of sp³-hybridized carbons (Fsp3) is 0.375. The second-order valence-corrected chi connectivity index (χ2v) is 11.4. The molecule has 7 rings (SSSR count). The van der Waals surface area contributed by atoms with Gasteiger partial charge in [0.05, 0.1) is 38.0 Å². The standard InChI is InChI=1S/C32H32ClN3O4/c1-38-30(37)29-28-24-20-23(33)12-13-25(24)34-26(18-21-8-4-2-5-9-21)31(28)35-27(19-22-10-6-3-7-11-22)32(29,40-31)36-14-16-39-17-15-36/h2-13,20,26,28-29,34H,14-19H2,1H3/t26-,28+,29-,31+,32-/m0/s1. The Hall–Kier alpha value is -3.23. The molecule has 206 valence electrons. The van der Waals surface area contributed by atoms with E-state index in [2.05, 4.69) is 34.5 Å². The van der Waals surface area contributed by atoms with Gasteiger partial charge in [0.25, 0.3) is 0 Å². The molecule has 3 aromatic rings. The van der Waals surface area contributed by atoms with E-state index < -0.39 is 17.4 Å². The highest BCUT2D eigenvalue weighted by atomic mass is 35.5.